The molecule has 0 radical (unpaired) electrons. The van der Waals surface area contributed by atoms with E-state index in [0.29, 0.717) is 51.4 Å². The van der Waals surface area contributed by atoms with E-state index in [1.165, 1.54) is 13.7 Å². The molecule has 12 heteroatoms. The van der Waals surface area contributed by atoms with Crippen molar-refractivity contribution in [3.8, 4) is 0 Å². The molecule has 3 atom stereocenters. The molecule has 1 aromatic rings. The second-order valence-corrected chi connectivity index (χ2v) is 13.0. The Bertz CT molecular complexity index is 1370. The van der Waals surface area contributed by atoms with Gasteiger partial charge < -0.3 is 0 Å². The summed E-state index contributed by atoms with van der Waals surface area (Å²) in [5.41, 5.74) is -1.62. The van der Waals surface area contributed by atoms with Crippen LogP contribution in [0.3, 0.4) is 0 Å². The van der Waals surface area contributed by atoms with Gasteiger partial charge in [-0.05, 0) is 115 Å². The average Bonchev–Trinajstić information content (AvgIpc) is 3.03. The highest BCUT2D eigenvalue weighted by Gasteiger charge is 2.36. The van der Waals surface area contributed by atoms with Crippen LogP contribution < -0.4 is 17.1 Å². The normalized spacial score (nSPS) is 29.2. The number of carbonyl (C=O) groups excluding carboxylic acids is 3. The lowest BCUT2D eigenvalue weighted by molar-refractivity contribution is 0.189. The van der Waals surface area contributed by atoms with E-state index in [1.54, 1.807) is 18.2 Å². The number of aromatic nitrogens is 3. The van der Waals surface area contributed by atoms with Crippen LogP contribution in [0.1, 0.15) is 129 Å². The Morgan fingerprint density at radius 3 is 1.11 bits per heavy atom. The Morgan fingerprint density at radius 1 is 0.545 bits per heavy atom. The summed E-state index contributed by atoms with van der Waals surface area (Å²) in [6.07, 6.45) is 14.3. The highest BCUT2D eigenvalue weighted by Crippen LogP contribution is 2.37. The molecular weight excluding hydrogens is 564 g/mol. The van der Waals surface area contributed by atoms with Gasteiger partial charge in [-0.15, -0.1) is 0 Å². The molecule has 12 nitrogen and oxygen atoms in total. The van der Waals surface area contributed by atoms with Crippen LogP contribution >= 0.6 is 0 Å². The van der Waals surface area contributed by atoms with Gasteiger partial charge in [0.1, 0.15) is 0 Å². The molecule has 3 fully saturated rings. The van der Waals surface area contributed by atoms with Gasteiger partial charge in [-0.3, -0.25) is 0 Å². The smallest absolute Gasteiger partial charge is 0.247 e. The second kappa shape index (κ2) is 15.5. The summed E-state index contributed by atoms with van der Waals surface area (Å²) in [4.78, 5) is 86.9. The van der Waals surface area contributed by atoms with E-state index in [-0.39, 0.29) is 54.0 Å². The average molecular weight is 611 g/mol. The minimum atomic E-state index is -0.542. The highest BCUT2D eigenvalue weighted by molar-refractivity contribution is 5.34. The van der Waals surface area contributed by atoms with Gasteiger partial charge in [0.2, 0.25) is 18.2 Å². The van der Waals surface area contributed by atoms with E-state index >= 15 is 0 Å². The van der Waals surface area contributed by atoms with Crippen LogP contribution in [0.15, 0.2) is 29.4 Å². The second-order valence-electron chi connectivity index (χ2n) is 13.0. The molecule has 0 saturated heterocycles. The maximum absolute atomic E-state index is 14.1. The van der Waals surface area contributed by atoms with Gasteiger partial charge in [-0.25, -0.2) is 57.4 Å². The first kappa shape index (κ1) is 33.4. The summed E-state index contributed by atoms with van der Waals surface area (Å²) in [6, 6.07) is -1.45. The van der Waals surface area contributed by atoms with Crippen molar-refractivity contribution in [3.63, 3.8) is 0 Å². The van der Waals surface area contributed by atoms with Gasteiger partial charge in [0.25, 0.3) is 0 Å². The monoisotopic (exact) mass is 610 g/mol. The quantitative estimate of drug-likeness (QED) is 0.269. The number of isocyanates is 3. The number of rotatable bonds is 11. The minimum Gasteiger partial charge on any atom is -0.247 e. The fourth-order valence-electron chi connectivity index (χ4n) is 8.25. The zero-order valence-corrected chi connectivity index (χ0v) is 26.2. The maximum atomic E-state index is 14.1. The van der Waals surface area contributed by atoms with E-state index in [1.807, 2.05) is 20.8 Å². The van der Waals surface area contributed by atoms with Crippen molar-refractivity contribution in [1.29, 1.82) is 0 Å². The van der Waals surface area contributed by atoms with E-state index in [4.69, 9.17) is 0 Å². The summed E-state index contributed by atoms with van der Waals surface area (Å²) in [7, 11) is 0. The number of hydrogen-bond acceptors (Lipinski definition) is 9. The molecule has 0 aliphatic heterocycles. The van der Waals surface area contributed by atoms with Crippen LogP contribution in [-0.2, 0) is 14.4 Å². The molecular formula is C32H46N6O6. The predicted octanol–water partition coefficient (Wildman–Crippen LogP) is 4.32. The predicted molar refractivity (Wildman–Crippen MR) is 164 cm³/mol. The van der Waals surface area contributed by atoms with Crippen molar-refractivity contribution in [1.82, 2.24) is 13.7 Å². The van der Waals surface area contributed by atoms with Gasteiger partial charge in [-0.2, -0.15) is 0 Å². The lowest BCUT2D eigenvalue weighted by Crippen LogP contribution is -2.58. The molecule has 0 bridgehead atoms. The number of aliphatic imine (C=N–C) groups is 3. The van der Waals surface area contributed by atoms with Gasteiger partial charge in [0.15, 0.2) is 0 Å². The largest absolute Gasteiger partial charge is 0.336 e. The van der Waals surface area contributed by atoms with E-state index < -0.39 is 17.1 Å². The van der Waals surface area contributed by atoms with Crippen molar-refractivity contribution < 1.29 is 14.4 Å². The topological polar surface area (TPSA) is 154 Å². The van der Waals surface area contributed by atoms with Gasteiger partial charge in [0, 0.05) is 18.1 Å². The standard InChI is InChI=1S/C32H46N6O6/c1-4-28(34-19-40)23-8-14-26(15-9-23)37-30(42)36(25-12-6-22(7-13-25)21(3)33-18-39)31(43)38(32(37)44)27-16-10-24(11-17-27)29(5-2)35-20-41/h21-29H,4-17H2,1-3H3. The summed E-state index contributed by atoms with van der Waals surface area (Å²) in [5.74, 6) is 0.537. The minimum absolute atomic E-state index is 0.123. The lowest BCUT2D eigenvalue weighted by Gasteiger charge is -2.36. The summed E-state index contributed by atoms with van der Waals surface area (Å²) in [5, 5.41) is 0. The van der Waals surface area contributed by atoms with Crippen LogP contribution in [0.25, 0.3) is 0 Å². The van der Waals surface area contributed by atoms with E-state index in [9.17, 15) is 28.8 Å². The molecule has 3 unspecified atom stereocenters. The number of hydrogen-bond donors (Lipinski definition) is 0. The third-order valence-corrected chi connectivity index (χ3v) is 10.9. The van der Waals surface area contributed by atoms with Gasteiger partial charge >= 0.3 is 17.1 Å². The molecule has 44 heavy (non-hydrogen) atoms. The van der Waals surface area contributed by atoms with Gasteiger partial charge in [0.05, 0.1) is 18.1 Å². The Labute approximate surface area is 257 Å². The Kier molecular flexibility index (Phi) is 11.8. The third-order valence-electron chi connectivity index (χ3n) is 10.9. The third kappa shape index (κ3) is 7.09. The van der Waals surface area contributed by atoms with Crippen molar-refractivity contribution in [3.05, 3.63) is 31.5 Å². The summed E-state index contributed by atoms with van der Waals surface area (Å²) in [6.45, 7) is 5.86. The first-order valence-corrected chi connectivity index (χ1v) is 16.5. The van der Waals surface area contributed by atoms with Crippen molar-refractivity contribution in [2.24, 2.45) is 32.7 Å². The highest BCUT2D eigenvalue weighted by atomic mass is 16.2. The first-order chi connectivity index (χ1) is 21.3. The van der Waals surface area contributed by atoms with Crippen LogP contribution in [0.5, 0.6) is 0 Å². The van der Waals surface area contributed by atoms with Crippen LogP contribution in [-0.4, -0.2) is 50.1 Å². The molecule has 240 valence electrons. The fraction of sp³-hybridized carbons (Fsp3) is 0.812. The molecule has 3 aliphatic rings. The zero-order valence-electron chi connectivity index (χ0n) is 26.2. The Morgan fingerprint density at radius 2 is 0.841 bits per heavy atom. The first-order valence-electron chi connectivity index (χ1n) is 16.5. The Hall–Kier alpha value is -3.45. The Balaban J connectivity index is 1.69. The maximum Gasteiger partial charge on any atom is 0.336 e. The molecule has 0 aromatic carbocycles. The molecule has 3 saturated carbocycles. The van der Waals surface area contributed by atoms with Crippen LogP contribution in [0.4, 0.5) is 0 Å². The SMILES string of the molecule is CCC(N=C=O)C1CCC(n2c(=O)n(C3CCC(C(C)N=C=O)CC3)c(=O)n(C3CCC(C(CC)N=C=O)CC3)c2=O)CC1. The van der Waals surface area contributed by atoms with Crippen molar-refractivity contribution in [2.75, 3.05) is 0 Å². The zero-order chi connectivity index (χ0) is 31.8. The molecule has 0 N–H and O–H groups in total. The van der Waals surface area contributed by atoms with Crippen LogP contribution in [0.2, 0.25) is 0 Å². The number of nitrogens with zero attached hydrogens (tertiary/aromatic N) is 6. The van der Waals surface area contributed by atoms with E-state index in [0.717, 1.165) is 38.5 Å². The molecule has 0 amide bonds. The lowest BCUT2D eigenvalue weighted by atomic mass is 9.80. The summed E-state index contributed by atoms with van der Waals surface area (Å²) >= 11 is 0. The van der Waals surface area contributed by atoms with Crippen molar-refractivity contribution in [2.45, 2.75) is 147 Å². The molecule has 3 aliphatic carbocycles. The fourth-order valence-corrected chi connectivity index (χ4v) is 8.25. The molecule has 0 spiro atoms. The molecule has 1 heterocycles. The van der Waals surface area contributed by atoms with E-state index in [2.05, 4.69) is 15.0 Å². The molecule has 1 aromatic heterocycles. The molecule has 4 rings (SSSR count). The van der Waals surface area contributed by atoms with Crippen molar-refractivity contribution >= 4 is 18.2 Å². The summed E-state index contributed by atoms with van der Waals surface area (Å²) < 4.78 is 4.01. The van der Waals surface area contributed by atoms with Crippen LogP contribution in [0, 0.1) is 17.8 Å². The van der Waals surface area contributed by atoms with Gasteiger partial charge in [-0.1, -0.05) is 13.8 Å².